The van der Waals surface area contributed by atoms with Crippen LogP contribution in [0.15, 0.2) is 23.0 Å². The van der Waals surface area contributed by atoms with Gasteiger partial charge in [-0.25, -0.2) is 4.79 Å². The molecule has 0 N–H and O–H groups in total. The number of ketones is 1. The third-order valence-corrected chi connectivity index (χ3v) is 8.60. The summed E-state index contributed by atoms with van der Waals surface area (Å²) in [4.78, 5) is 23.5. The predicted molar refractivity (Wildman–Crippen MR) is 160 cm³/mol. The number of carbonyl (C=O) groups excluding carboxylic acids is 1. The molecule has 1 heterocycles. The second-order valence-corrected chi connectivity index (χ2v) is 12.0. The summed E-state index contributed by atoms with van der Waals surface area (Å²) in [5.41, 5.74) is 5.05. The molecule has 0 radical (unpaired) electrons. The Morgan fingerprint density at radius 1 is 1.08 bits per heavy atom. The van der Waals surface area contributed by atoms with Crippen molar-refractivity contribution < 1.29 is 4.79 Å². The van der Waals surface area contributed by atoms with E-state index in [2.05, 4.69) is 33.8 Å². The molecule has 1 aromatic heterocycles. The standard InChI is InChI=1S/C15H22OS.C8H12N2OS.C7H14/c1-5-6-13(4)17-10-15(16)14-8-7-11(2)9-12(14)3;1-5-6(2)9(3)8(11)10(4)7(5)12;1-2-3-4-7-5-6-7/h7-9,13H,5-6,10H2,1-4H3;1-4H3;7H,2-6H2,1H3. The molecule has 1 aliphatic rings. The van der Waals surface area contributed by atoms with E-state index in [1.54, 1.807) is 30.4 Å². The number of hydrogen-bond acceptors (Lipinski definition) is 4. The van der Waals surface area contributed by atoms with Crippen molar-refractivity contribution in [3.8, 4) is 0 Å². The lowest BCUT2D eigenvalue weighted by molar-refractivity contribution is 0.102. The van der Waals surface area contributed by atoms with Gasteiger partial charge in [-0.2, -0.15) is 11.8 Å². The van der Waals surface area contributed by atoms with Crippen molar-refractivity contribution >= 4 is 29.8 Å². The number of unbranched alkanes of at least 4 members (excludes halogenated alkanes) is 1. The van der Waals surface area contributed by atoms with E-state index in [1.807, 2.05) is 32.9 Å². The Morgan fingerprint density at radius 2 is 1.72 bits per heavy atom. The molecule has 1 unspecified atom stereocenters. The molecule has 0 aliphatic heterocycles. The number of Topliss-reactive ketones (excluding diaryl/α,β-unsaturated/α-hetero) is 1. The van der Waals surface area contributed by atoms with Gasteiger partial charge in [0.05, 0.1) is 5.75 Å². The summed E-state index contributed by atoms with van der Waals surface area (Å²) in [7, 11) is 3.44. The van der Waals surface area contributed by atoms with Crippen LogP contribution in [0, 0.1) is 38.3 Å². The molecule has 1 aliphatic carbocycles. The van der Waals surface area contributed by atoms with Crippen LogP contribution in [0.2, 0.25) is 0 Å². The highest BCUT2D eigenvalue weighted by Gasteiger charge is 2.19. The first-order valence-electron chi connectivity index (χ1n) is 13.4. The lowest BCUT2D eigenvalue weighted by Gasteiger charge is -2.10. The van der Waals surface area contributed by atoms with Gasteiger partial charge in [-0.15, -0.1) is 0 Å². The van der Waals surface area contributed by atoms with Crippen LogP contribution in [0.4, 0.5) is 0 Å². The number of thioether (sulfide) groups is 1. The summed E-state index contributed by atoms with van der Waals surface area (Å²) in [6.07, 6.45) is 9.79. The van der Waals surface area contributed by atoms with Crippen molar-refractivity contribution in [1.29, 1.82) is 0 Å². The molecule has 3 rings (SSSR count). The molecular weight excluding hydrogens is 484 g/mol. The third-order valence-electron chi connectivity index (χ3n) is 6.78. The minimum absolute atomic E-state index is 0.0666. The zero-order valence-corrected chi connectivity index (χ0v) is 25.7. The number of benzene rings is 1. The van der Waals surface area contributed by atoms with Crippen LogP contribution >= 0.6 is 24.0 Å². The molecule has 4 nitrogen and oxygen atoms in total. The summed E-state index contributed by atoms with van der Waals surface area (Å²) < 4.78 is 3.71. The van der Waals surface area contributed by atoms with E-state index >= 15 is 0 Å². The first-order valence-corrected chi connectivity index (χ1v) is 14.8. The highest BCUT2D eigenvalue weighted by molar-refractivity contribution is 8.00. The molecular formula is C30H48N2O2S2. The van der Waals surface area contributed by atoms with Gasteiger partial charge in [0.25, 0.3) is 0 Å². The Bertz CT molecular complexity index is 1060. The van der Waals surface area contributed by atoms with Crippen molar-refractivity contribution in [2.45, 2.75) is 98.7 Å². The fourth-order valence-corrected chi connectivity index (χ4v) is 5.14. The van der Waals surface area contributed by atoms with E-state index in [0.29, 0.717) is 15.6 Å². The molecule has 0 bridgehead atoms. The summed E-state index contributed by atoms with van der Waals surface area (Å²) in [5, 5.41) is 0.578. The molecule has 1 saturated carbocycles. The van der Waals surface area contributed by atoms with Gasteiger partial charge in [-0.3, -0.25) is 9.36 Å². The minimum Gasteiger partial charge on any atom is -0.301 e. The minimum atomic E-state index is -0.0666. The second kappa shape index (κ2) is 16.2. The van der Waals surface area contributed by atoms with Gasteiger partial charge in [0.1, 0.15) is 4.64 Å². The van der Waals surface area contributed by atoms with Crippen molar-refractivity contribution in [1.82, 2.24) is 9.13 Å². The van der Waals surface area contributed by atoms with Crippen molar-refractivity contribution in [2.75, 3.05) is 5.75 Å². The largest absolute Gasteiger partial charge is 0.328 e. The fraction of sp³-hybridized carbons (Fsp3) is 0.633. The van der Waals surface area contributed by atoms with E-state index in [-0.39, 0.29) is 11.5 Å². The molecule has 0 spiro atoms. The van der Waals surface area contributed by atoms with E-state index in [1.165, 1.54) is 55.1 Å². The SMILES string of the molecule is CCCC(C)SCC(=O)c1ccc(C)cc1C.CCCCC1CC1.Cc1c(C)n(C)c(=O)n(C)c1=S. The first kappa shape index (κ1) is 32.4. The van der Waals surface area contributed by atoms with E-state index in [9.17, 15) is 9.59 Å². The average Bonchev–Trinajstić information content (AvgIpc) is 3.68. The van der Waals surface area contributed by atoms with E-state index < -0.39 is 0 Å². The first-order chi connectivity index (χ1) is 16.9. The fourth-order valence-electron chi connectivity index (χ4n) is 3.92. The van der Waals surface area contributed by atoms with Crippen LogP contribution in [0.1, 0.15) is 98.5 Å². The predicted octanol–water partition coefficient (Wildman–Crippen LogP) is 8.06. The molecule has 0 amide bonds. The lowest BCUT2D eigenvalue weighted by atomic mass is 10.0. The van der Waals surface area contributed by atoms with Gasteiger partial charge in [-0.05, 0) is 45.6 Å². The zero-order chi connectivity index (χ0) is 27.4. The van der Waals surface area contributed by atoms with Crippen LogP contribution < -0.4 is 5.69 Å². The van der Waals surface area contributed by atoms with Crippen LogP contribution in [-0.2, 0) is 14.1 Å². The number of carbonyl (C=O) groups is 1. The van der Waals surface area contributed by atoms with Gasteiger partial charge in [0.2, 0.25) is 0 Å². The topological polar surface area (TPSA) is 44.0 Å². The van der Waals surface area contributed by atoms with Crippen LogP contribution in [-0.4, -0.2) is 25.9 Å². The zero-order valence-electron chi connectivity index (χ0n) is 24.1. The summed E-state index contributed by atoms with van der Waals surface area (Å²) >= 11 is 6.85. The quantitative estimate of drug-likeness (QED) is 0.242. The Kier molecular flexibility index (Phi) is 14.6. The number of nitrogens with zero attached hydrogens (tertiary/aromatic N) is 2. The molecule has 0 saturated heterocycles. The molecule has 1 atom stereocenters. The van der Waals surface area contributed by atoms with Crippen LogP contribution in [0.5, 0.6) is 0 Å². The second-order valence-electron chi connectivity index (χ2n) is 10.2. The summed E-state index contributed by atoms with van der Waals surface area (Å²) in [6.45, 7) is 14.5. The number of hydrogen-bond donors (Lipinski definition) is 0. The van der Waals surface area contributed by atoms with Gasteiger partial charge in [0.15, 0.2) is 5.78 Å². The maximum absolute atomic E-state index is 12.1. The molecule has 1 aromatic carbocycles. The number of aryl methyl sites for hydroxylation is 2. The highest BCUT2D eigenvalue weighted by Crippen LogP contribution is 2.33. The number of rotatable bonds is 9. The van der Waals surface area contributed by atoms with Crippen LogP contribution in [0.25, 0.3) is 0 Å². The molecule has 2 aromatic rings. The summed E-state index contributed by atoms with van der Waals surface area (Å²) in [6, 6.07) is 6.05. The van der Waals surface area contributed by atoms with Crippen LogP contribution in [0.3, 0.4) is 0 Å². The van der Waals surface area contributed by atoms with Gasteiger partial charge in [-0.1, -0.05) is 95.3 Å². The van der Waals surface area contributed by atoms with E-state index in [4.69, 9.17) is 12.2 Å². The van der Waals surface area contributed by atoms with E-state index in [0.717, 1.165) is 28.3 Å². The Balaban J connectivity index is 0.000000295. The molecule has 202 valence electrons. The van der Waals surface area contributed by atoms with Gasteiger partial charge >= 0.3 is 5.69 Å². The van der Waals surface area contributed by atoms with Crippen molar-refractivity contribution in [2.24, 2.45) is 20.0 Å². The monoisotopic (exact) mass is 532 g/mol. The molecule has 6 heteroatoms. The Hall–Kier alpha value is -1.66. The Morgan fingerprint density at radius 3 is 2.25 bits per heavy atom. The Labute approximate surface area is 228 Å². The maximum atomic E-state index is 12.1. The van der Waals surface area contributed by atoms with Gasteiger partial charge in [0, 0.05) is 36.2 Å². The molecule has 36 heavy (non-hydrogen) atoms. The summed E-state index contributed by atoms with van der Waals surface area (Å²) in [5.74, 6) is 2.01. The molecule has 1 fully saturated rings. The highest BCUT2D eigenvalue weighted by atomic mass is 32.2. The average molecular weight is 533 g/mol. The third kappa shape index (κ3) is 10.8. The van der Waals surface area contributed by atoms with Crippen molar-refractivity contribution in [3.63, 3.8) is 0 Å². The number of aromatic nitrogens is 2. The maximum Gasteiger partial charge on any atom is 0.328 e. The van der Waals surface area contributed by atoms with Crippen molar-refractivity contribution in [3.05, 3.63) is 61.3 Å². The smallest absolute Gasteiger partial charge is 0.301 e. The lowest BCUT2D eigenvalue weighted by Crippen LogP contribution is -2.29. The normalized spacial score (nSPS) is 13.2. The van der Waals surface area contributed by atoms with Gasteiger partial charge < -0.3 is 4.57 Å².